The predicted octanol–water partition coefficient (Wildman–Crippen LogP) is 4.89. The smallest absolute Gasteiger partial charge is 0.150 e. The molecule has 2 rings (SSSR count). The minimum Gasteiger partial charge on any atom is -0.298 e. The van der Waals surface area contributed by atoms with Gasteiger partial charge in [0.1, 0.15) is 6.29 Å². The molecule has 0 aromatic heterocycles. The van der Waals surface area contributed by atoms with Crippen LogP contribution in [0.15, 0.2) is 24.3 Å². The van der Waals surface area contributed by atoms with Gasteiger partial charge < -0.3 is 0 Å². The van der Waals surface area contributed by atoms with Crippen LogP contribution in [-0.4, -0.2) is 6.29 Å². The van der Waals surface area contributed by atoms with Crippen LogP contribution in [-0.2, 0) is 5.41 Å². The zero-order chi connectivity index (χ0) is 12.8. The highest BCUT2D eigenvalue weighted by Gasteiger charge is 2.34. The van der Waals surface area contributed by atoms with Crippen molar-refractivity contribution in [3.63, 3.8) is 0 Å². The fourth-order valence-electron chi connectivity index (χ4n) is 3.48. The Bertz CT molecular complexity index is 388. The first-order valence-electron chi connectivity index (χ1n) is 7.37. The molecule has 1 aromatic rings. The quantitative estimate of drug-likeness (QED) is 0.674. The van der Waals surface area contributed by atoms with E-state index < -0.39 is 0 Å². The molecule has 98 valence electrons. The molecular weight excluding hydrogens is 220 g/mol. The summed E-state index contributed by atoms with van der Waals surface area (Å²) in [4.78, 5) is 11.3. The summed E-state index contributed by atoms with van der Waals surface area (Å²) in [5.41, 5.74) is 2.51. The maximum atomic E-state index is 11.3. The zero-order valence-electron chi connectivity index (χ0n) is 11.5. The number of hydrogen-bond acceptors (Lipinski definition) is 1. The fraction of sp³-hybridized carbons (Fsp3) is 0.588. The molecule has 0 saturated heterocycles. The topological polar surface area (TPSA) is 17.1 Å². The first kappa shape index (κ1) is 13.3. The van der Waals surface area contributed by atoms with Crippen LogP contribution < -0.4 is 0 Å². The van der Waals surface area contributed by atoms with Crippen LogP contribution in [0.5, 0.6) is 0 Å². The van der Waals surface area contributed by atoms with Crippen LogP contribution in [0.3, 0.4) is 0 Å². The van der Waals surface area contributed by atoms with E-state index in [1.54, 1.807) is 0 Å². The minimum absolute atomic E-state index is 0.283. The summed E-state index contributed by atoms with van der Waals surface area (Å²) in [7, 11) is 0. The van der Waals surface area contributed by atoms with E-state index in [2.05, 4.69) is 19.1 Å². The van der Waals surface area contributed by atoms with Crippen LogP contribution in [0.2, 0.25) is 0 Å². The molecule has 0 spiro atoms. The molecule has 1 heteroatoms. The van der Waals surface area contributed by atoms with E-state index >= 15 is 0 Å². The SMILES string of the molecule is CCCCC1(c2ccccc2C=O)CCCCC1. The van der Waals surface area contributed by atoms with Gasteiger partial charge in [0.2, 0.25) is 0 Å². The zero-order valence-corrected chi connectivity index (χ0v) is 11.5. The van der Waals surface area contributed by atoms with Gasteiger partial charge in [-0.3, -0.25) is 4.79 Å². The van der Waals surface area contributed by atoms with E-state index in [0.29, 0.717) is 0 Å². The third-order valence-corrected chi connectivity index (χ3v) is 4.48. The Labute approximate surface area is 111 Å². The van der Waals surface area contributed by atoms with Gasteiger partial charge in [-0.1, -0.05) is 63.3 Å². The Balaban J connectivity index is 2.35. The molecule has 0 radical (unpaired) electrons. The molecule has 1 aliphatic carbocycles. The largest absolute Gasteiger partial charge is 0.298 e. The highest BCUT2D eigenvalue weighted by molar-refractivity contribution is 5.78. The molecule has 1 aromatic carbocycles. The van der Waals surface area contributed by atoms with Crippen LogP contribution in [0.1, 0.15) is 74.2 Å². The van der Waals surface area contributed by atoms with E-state index in [9.17, 15) is 4.79 Å². The van der Waals surface area contributed by atoms with Crippen LogP contribution in [0.4, 0.5) is 0 Å². The van der Waals surface area contributed by atoms with Gasteiger partial charge in [0.05, 0.1) is 0 Å². The van der Waals surface area contributed by atoms with Crippen molar-refractivity contribution in [2.75, 3.05) is 0 Å². The van der Waals surface area contributed by atoms with Gasteiger partial charge in [0, 0.05) is 5.56 Å². The Kier molecular flexibility index (Phi) is 4.57. The fourth-order valence-corrected chi connectivity index (χ4v) is 3.48. The lowest BCUT2D eigenvalue weighted by Gasteiger charge is -2.39. The molecule has 1 saturated carbocycles. The summed E-state index contributed by atoms with van der Waals surface area (Å²) in [6.07, 6.45) is 11.3. The Hall–Kier alpha value is -1.11. The second-order valence-corrected chi connectivity index (χ2v) is 5.65. The van der Waals surface area contributed by atoms with Crippen molar-refractivity contribution in [1.82, 2.24) is 0 Å². The second kappa shape index (κ2) is 6.17. The lowest BCUT2D eigenvalue weighted by molar-refractivity contribution is 0.111. The first-order valence-corrected chi connectivity index (χ1v) is 7.37. The molecule has 0 amide bonds. The molecule has 0 bridgehead atoms. The summed E-state index contributed by atoms with van der Waals surface area (Å²) >= 11 is 0. The number of benzene rings is 1. The summed E-state index contributed by atoms with van der Waals surface area (Å²) < 4.78 is 0. The van der Waals surface area contributed by atoms with Crippen LogP contribution in [0.25, 0.3) is 0 Å². The first-order chi connectivity index (χ1) is 8.82. The molecule has 0 heterocycles. The van der Waals surface area contributed by atoms with Crippen molar-refractivity contribution < 1.29 is 4.79 Å². The highest BCUT2D eigenvalue weighted by atomic mass is 16.1. The predicted molar refractivity (Wildman–Crippen MR) is 76.1 cm³/mol. The molecule has 0 N–H and O–H groups in total. The highest BCUT2D eigenvalue weighted by Crippen LogP contribution is 2.44. The summed E-state index contributed by atoms with van der Waals surface area (Å²) in [5.74, 6) is 0. The number of carbonyl (C=O) groups is 1. The van der Waals surface area contributed by atoms with Gasteiger partial charge in [0.25, 0.3) is 0 Å². The van der Waals surface area contributed by atoms with Gasteiger partial charge in [-0.2, -0.15) is 0 Å². The maximum absolute atomic E-state index is 11.3. The van der Waals surface area contributed by atoms with E-state index in [0.717, 1.165) is 11.8 Å². The van der Waals surface area contributed by atoms with Crippen molar-refractivity contribution >= 4 is 6.29 Å². The van der Waals surface area contributed by atoms with Crippen LogP contribution >= 0.6 is 0 Å². The second-order valence-electron chi connectivity index (χ2n) is 5.65. The third-order valence-electron chi connectivity index (χ3n) is 4.48. The number of aldehydes is 1. The Morgan fingerprint density at radius 3 is 2.56 bits per heavy atom. The van der Waals surface area contributed by atoms with Crippen molar-refractivity contribution in [1.29, 1.82) is 0 Å². The lowest BCUT2D eigenvalue weighted by Crippen LogP contribution is -2.30. The van der Waals surface area contributed by atoms with E-state index in [1.807, 2.05) is 12.1 Å². The molecule has 0 aliphatic heterocycles. The standard InChI is InChI=1S/C17H24O/c1-2-3-11-17(12-7-4-8-13-17)16-10-6-5-9-15(16)14-18/h5-6,9-10,14H,2-4,7-8,11-13H2,1H3. The van der Waals surface area contributed by atoms with Gasteiger partial charge >= 0.3 is 0 Å². The van der Waals surface area contributed by atoms with Crippen LogP contribution in [0, 0.1) is 0 Å². The number of carbonyl (C=O) groups excluding carboxylic acids is 1. The Morgan fingerprint density at radius 2 is 1.89 bits per heavy atom. The van der Waals surface area contributed by atoms with Crippen molar-refractivity contribution in [3.8, 4) is 0 Å². The van der Waals surface area contributed by atoms with Crippen molar-refractivity contribution in [2.45, 2.75) is 63.7 Å². The third kappa shape index (κ3) is 2.66. The summed E-state index contributed by atoms with van der Waals surface area (Å²) in [6, 6.07) is 8.23. The van der Waals surface area contributed by atoms with Crippen molar-refractivity contribution in [3.05, 3.63) is 35.4 Å². The molecule has 18 heavy (non-hydrogen) atoms. The van der Waals surface area contributed by atoms with Crippen molar-refractivity contribution in [2.24, 2.45) is 0 Å². The maximum Gasteiger partial charge on any atom is 0.150 e. The van der Waals surface area contributed by atoms with Gasteiger partial charge in [-0.05, 0) is 30.2 Å². The van der Waals surface area contributed by atoms with E-state index in [4.69, 9.17) is 0 Å². The van der Waals surface area contributed by atoms with E-state index in [-0.39, 0.29) is 5.41 Å². The summed E-state index contributed by atoms with van der Waals surface area (Å²) in [6.45, 7) is 2.25. The van der Waals surface area contributed by atoms with Gasteiger partial charge in [-0.15, -0.1) is 0 Å². The molecule has 1 aliphatic rings. The lowest BCUT2D eigenvalue weighted by atomic mass is 9.65. The number of hydrogen-bond donors (Lipinski definition) is 0. The van der Waals surface area contributed by atoms with Gasteiger partial charge in [0.15, 0.2) is 0 Å². The number of unbranched alkanes of at least 4 members (excludes halogenated alkanes) is 1. The average molecular weight is 244 g/mol. The molecule has 1 nitrogen and oxygen atoms in total. The van der Waals surface area contributed by atoms with Gasteiger partial charge in [-0.25, -0.2) is 0 Å². The average Bonchev–Trinajstić information content (AvgIpc) is 2.46. The molecule has 0 unspecified atom stereocenters. The van der Waals surface area contributed by atoms with E-state index in [1.165, 1.54) is 56.9 Å². The molecular formula is C17H24O. The minimum atomic E-state index is 0.283. The monoisotopic (exact) mass is 244 g/mol. The summed E-state index contributed by atoms with van der Waals surface area (Å²) in [5, 5.41) is 0. The molecule has 1 fully saturated rings. The Morgan fingerprint density at radius 1 is 1.17 bits per heavy atom. The normalized spacial score (nSPS) is 18.5. The number of rotatable bonds is 5. The molecule has 0 atom stereocenters.